The van der Waals surface area contributed by atoms with Crippen molar-refractivity contribution in [1.29, 1.82) is 0 Å². The fourth-order valence-electron chi connectivity index (χ4n) is 3.50. The molecule has 1 aromatic heterocycles. The maximum atomic E-state index is 5.96. The van der Waals surface area contributed by atoms with Crippen molar-refractivity contribution in [2.45, 2.75) is 51.5 Å². The molecule has 2 fully saturated rings. The van der Waals surface area contributed by atoms with Gasteiger partial charge in [-0.05, 0) is 18.8 Å². The average molecular weight is 289 g/mol. The largest absolute Gasteiger partial charge is 0.368 e. The van der Waals surface area contributed by atoms with Crippen LogP contribution in [0.3, 0.4) is 0 Å². The van der Waals surface area contributed by atoms with Gasteiger partial charge in [-0.3, -0.25) is 0 Å². The van der Waals surface area contributed by atoms with Gasteiger partial charge in [-0.25, -0.2) is 4.98 Å². The molecule has 0 aromatic carbocycles. The van der Waals surface area contributed by atoms with Gasteiger partial charge in [-0.1, -0.05) is 26.7 Å². The van der Waals surface area contributed by atoms with Gasteiger partial charge in [0.1, 0.15) is 5.82 Å². The summed E-state index contributed by atoms with van der Waals surface area (Å²) in [6.45, 7) is 7.52. The number of nitrogens with zero attached hydrogens (tertiary/aromatic N) is 3. The number of nitrogens with two attached hydrogens (primary N) is 1. The Morgan fingerprint density at radius 3 is 2.76 bits per heavy atom. The first-order valence-electron chi connectivity index (χ1n) is 8.26. The minimum absolute atomic E-state index is 0.425. The molecular weight excluding hydrogens is 262 g/mol. The molecule has 0 unspecified atom stereocenters. The molecule has 0 bridgehead atoms. The Morgan fingerprint density at radius 2 is 2.05 bits per heavy atom. The van der Waals surface area contributed by atoms with E-state index in [4.69, 9.17) is 5.73 Å². The maximum absolute atomic E-state index is 5.96. The minimum atomic E-state index is 0.425. The number of anilines is 2. The van der Waals surface area contributed by atoms with Gasteiger partial charge < -0.3 is 16.0 Å². The van der Waals surface area contributed by atoms with E-state index in [0.717, 1.165) is 31.1 Å². The Kier molecular flexibility index (Phi) is 4.29. The van der Waals surface area contributed by atoms with Crippen molar-refractivity contribution in [3.8, 4) is 0 Å². The highest BCUT2D eigenvalue weighted by Gasteiger charge is 2.25. The molecule has 1 saturated carbocycles. The fraction of sp³-hybridized carbons (Fsp3) is 0.750. The predicted molar refractivity (Wildman–Crippen MR) is 86.5 cm³/mol. The summed E-state index contributed by atoms with van der Waals surface area (Å²) in [6.07, 6.45) is 5.11. The van der Waals surface area contributed by atoms with Crippen molar-refractivity contribution in [3.05, 3.63) is 11.8 Å². The lowest BCUT2D eigenvalue weighted by molar-refractivity contribution is 0.367. The van der Waals surface area contributed by atoms with Crippen molar-refractivity contribution in [3.63, 3.8) is 0 Å². The SMILES string of the molecule is CC(C)[C@H]1CN(c2cc(C3CCCC3)nc(N)n2)CCN1. The van der Waals surface area contributed by atoms with E-state index in [2.05, 4.69) is 40.1 Å². The van der Waals surface area contributed by atoms with Gasteiger partial charge in [0.15, 0.2) is 0 Å². The number of aromatic nitrogens is 2. The summed E-state index contributed by atoms with van der Waals surface area (Å²) in [5.74, 6) is 2.64. The van der Waals surface area contributed by atoms with Crippen LogP contribution in [0.15, 0.2) is 6.07 Å². The zero-order valence-corrected chi connectivity index (χ0v) is 13.2. The van der Waals surface area contributed by atoms with Crippen molar-refractivity contribution in [1.82, 2.24) is 15.3 Å². The number of rotatable bonds is 3. The number of piperazine rings is 1. The number of hydrogen-bond donors (Lipinski definition) is 2. The molecular formula is C16H27N5. The van der Waals surface area contributed by atoms with Gasteiger partial charge in [0.05, 0.1) is 5.69 Å². The third-order valence-electron chi connectivity index (χ3n) is 4.86. The van der Waals surface area contributed by atoms with E-state index in [1.807, 2.05) is 0 Å². The van der Waals surface area contributed by atoms with E-state index in [0.29, 0.717) is 23.8 Å². The van der Waals surface area contributed by atoms with Gasteiger partial charge in [-0.15, -0.1) is 0 Å². The summed E-state index contributed by atoms with van der Waals surface area (Å²) >= 11 is 0. The normalized spacial score (nSPS) is 24.0. The van der Waals surface area contributed by atoms with Crippen LogP contribution in [0.2, 0.25) is 0 Å². The van der Waals surface area contributed by atoms with Gasteiger partial charge in [0.2, 0.25) is 5.95 Å². The van der Waals surface area contributed by atoms with E-state index < -0.39 is 0 Å². The monoisotopic (exact) mass is 289 g/mol. The van der Waals surface area contributed by atoms with Crippen LogP contribution < -0.4 is 16.0 Å². The molecule has 3 N–H and O–H groups in total. The number of hydrogen-bond acceptors (Lipinski definition) is 5. The molecule has 3 rings (SSSR count). The minimum Gasteiger partial charge on any atom is -0.368 e. The van der Waals surface area contributed by atoms with Gasteiger partial charge in [-0.2, -0.15) is 4.98 Å². The lowest BCUT2D eigenvalue weighted by Gasteiger charge is -2.36. The van der Waals surface area contributed by atoms with Crippen LogP contribution in [0.5, 0.6) is 0 Å². The van der Waals surface area contributed by atoms with Crippen molar-refractivity contribution in [2.75, 3.05) is 30.3 Å². The molecule has 0 radical (unpaired) electrons. The zero-order valence-electron chi connectivity index (χ0n) is 13.2. The standard InChI is InChI=1S/C16H27N5/c1-11(2)14-10-21(8-7-18-14)15-9-13(19-16(17)20-15)12-5-3-4-6-12/h9,11-12,14,18H,3-8,10H2,1-2H3,(H2,17,19,20)/t14-/m1/s1. The molecule has 2 aliphatic rings. The van der Waals surface area contributed by atoms with Crippen molar-refractivity contribution >= 4 is 11.8 Å². The Bertz CT molecular complexity index is 482. The summed E-state index contributed by atoms with van der Waals surface area (Å²) in [5, 5.41) is 3.59. The molecule has 0 amide bonds. The molecule has 1 aliphatic heterocycles. The second-order valence-electron chi connectivity index (χ2n) is 6.74. The second-order valence-corrected chi connectivity index (χ2v) is 6.74. The molecule has 2 heterocycles. The predicted octanol–water partition coefficient (Wildman–Crippen LogP) is 2.15. The van der Waals surface area contributed by atoms with Crippen LogP contribution in [0.1, 0.15) is 51.1 Å². The van der Waals surface area contributed by atoms with Crippen LogP contribution in [-0.2, 0) is 0 Å². The van der Waals surface area contributed by atoms with Crippen LogP contribution in [-0.4, -0.2) is 35.6 Å². The van der Waals surface area contributed by atoms with Crippen molar-refractivity contribution < 1.29 is 0 Å². The summed E-state index contributed by atoms with van der Waals surface area (Å²) < 4.78 is 0. The Labute approximate surface area is 127 Å². The van der Waals surface area contributed by atoms with Gasteiger partial charge >= 0.3 is 0 Å². The second kappa shape index (κ2) is 6.18. The lowest BCUT2D eigenvalue weighted by atomic mass is 10.0. The number of nitrogen functional groups attached to an aromatic ring is 1. The zero-order chi connectivity index (χ0) is 14.8. The van der Waals surface area contributed by atoms with Crippen molar-refractivity contribution in [2.24, 2.45) is 5.92 Å². The summed E-state index contributed by atoms with van der Waals surface area (Å²) in [4.78, 5) is 11.3. The molecule has 5 heteroatoms. The van der Waals surface area contributed by atoms with Crippen LogP contribution in [0.25, 0.3) is 0 Å². The third-order valence-corrected chi connectivity index (χ3v) is 4.86. The fourth-order valence-corrected chi connectivity index (χ4v) is 3.50. The van der Waals surface area contributed by atoms with E-state index >= 15 is 0 Å². The Hall–Kier alpha value is -1.36. The molecule has 0 spiro atoms. The van der Waals surface area contributed by atoms with E-state index in [1.165, 1.54) is 25.7 Å². The molecule has 21 heavy (non-hydrogen) atoms. The van der Waals surface area contributed by atoms with Crippen LogP contribution >= 0.6 is 0 Å². The average Bonchev–Trinajstić information content (AvgIpc) is 3.01. The maximum Gasteiger partial charge on any atom is 0.222 e. The van der Waals surface area contributed by atoms with Crippen LogP contribution in [0, 0.1) is 5.92 Å². The van der Waals surface area contributed by atoms with E-state index in [-0.39, 0.29) is 0 Å². The topological polar surface area (TPSA) is 67.1 Å². The molecule has 5 nitrogen and oxygen atoms in total. The quantitative estimate of drug-likeness (QED) is 0.892. The Balaban J connectivity index is 1.80. The Morgan fingerprint density at radius 1 is 1.29 bits per heavy atom. The first-order chi connectivity index (χ1) is 10.1. The summed E-state index contributed by atoms with van der Waals surface area (Å²) in [7, 11) is 0. The third kappa shape index (κ3) is 3.28. The highest BCUT2D eigenvalue weighted by Crippen LogP contribution is 2.34. The summed E-state index contributed by atoms with van der Waals surface area (Å²) in [6, 6.07) is 2.69. The highest BCUT2D eigenvalue weighted by atomic mass is 15.3. The molecule has 1 aliphatic carbocycles. The first kappa shape index (κ1) is 14.6. The molecule has 1 atom stereocenters. The van der Waals surface area contributed by atoms with Gasteiger partial charge in [0.25, 0.3) is 0 Å². The number of nitrogens with one attached hydrogen (secondary N) is 1. The van der Waals surface area contributed by atoms with Crippen LogP contribution in [0.4, 0.5) is 11.8 Å². The molecule has 1 saturated heterocycles. The molecule has 116 valence electrons. The highest BCUT2D eigenvalue weighted by molar-refractivity contribution is 5.45. The smallest absolute Gasteiger partial charge is 0.222 e. The molecule has 1 aromatic rings. The first-order valence-corrected chi connectivity index (χ1v) is 8.26. The van der Waals surface area contributed by atoms with E-state index in [9.17, 15) is 0 Å². The van der Waals surface area contributed by atoms with E-state index in [1.54, 1.807) is 0 Å². The summed E-state index contributed by atoms with van der Waals surface area (Å²) in [5.41, 5.74) is 7.11. The van der Waals surface area contributed by atoms with Gasteiger partial charge in [0, 0.05) is 37.7 Å². The lowest BCUT2D eigenvalue weighted by Crippen LogP contribution is -2.53.